The highest BCUT2D eigenvalue weighted by molar-refractivity contribution is 6.46. The van der Waals surface area contributed by atoms with Crippen LogP contribution in [0.2, 0.25) is 0 Å². The molecule has 0 unspecified atom stereocenters. The van der Waals surface area contributed by atoms with E-state index in [0.29, 0.717) is 24.5 Å². The van der Waals surface area contributed by atoms with Crippen LogP contribution in [0.25, 0.3) is 5.76 Å². The Morgan fingerprint density at radius 3 is 2.42 bits per heavy atom. The van der Waals surface area contributed by atoms with Crippen LogP contribution < -0.4 is 4.74 Å². The first-order valence-corrected chi connectivity index (χ1v) is 11.0. The third kappa shape index (κ3) is 5.14. The minimum atomic E-state index is -1.02. The number of ketones is 1. The Labute approximate surface area is 193 Å². The molecular weight excluding hydrogens is 423 g/mol. The molecule has 1 amide bonds. The molecule has 1 aliphatic heterocycles. The second-order valence-corrected chi connectivity index (χ2v) is 7.66. The van der Waals surface area contributed by atoms with E-state index in [9.17, 15) is 19.1 Å². The number of aliphatic hydroxyl groups excluding tert-OH is 1. The minimum Gasteiger partial charge on any atom is -0.507 e. The van der Waals surface area contributed by atoms with E-state index in [1.54, 1.807) is 42.5 Å². The van der Waals surface area contributed by atoms with Crippen molar-refractivity contribution in [3.63, 3.8) is 0 Å². The van der Waals surface area contributed by atoms with Gasteiger partial charge in [0.2, 0.25) is 0 Å². The van der Waals surface area contributed by atoms with Gasteiger partial charge in [0.25, 0.3) is 11.7 Å². The van der Waals surface area contributed by atoms with E-state index in [1.165, 1.54) is 17.0 Å². The molecule has 2 aromatic rings. The van der Waals surface area contributed by atoms with Crippen molar-refractivity contribution in [2.75, 3.05) is 32.8 Å². The molecule has 1 aliphatic rings. The predicted molar refractivity (Wildman–Crippen MR) is 125 cm³/mol. The summed E-state index contributed by atoms with van der Waals surface area (Å²) < 4.78 is 20.3. The van der Waals surface area contributed by atoms with Crippen molar-refractivity contribution >= 4 is 17.4 Å². The van der Waals surface area contributed by atoms with Gasteiger partial charge in [-0.2, -0.15) is 0 Å². The largest absolute Gasteiger partial charge is 0.507 e. The average Bonchev–Trinajstić information content (AvgIpc) is 3.08. The number of aliphatic hydroxyl groups is 1. The molecule has 0 spiro atoms. The molecule has 2 aromatic carbocycles. The van der Waals surface area contributed by atoms with Gasteiger partial charge in [0.1, 0.15) is 23.9 Å². The van der Waals surface area contributed by atoms with E-state index < -0.39 is 23.5 Å². The van der Waals surface area contributed by atoms with Crippen LogP contribution in [-0.4, -0.2) is 59.4 Å². The van der Waals surface area contributed by atoms with Crippen LogP contribution in [0.5, 0.6) is 5.75 Å². The molecule has 0 radical (unpaired) electrons. The monoisotopic (exact) mass is 452 g/mol. The van der Waals surface area contributed by atoms with Crippen molar-refractivity contribution in [1.29, 1.82) is 0 Å². The molecule has 1 heterocycles. The first kappa shape index (κ1) is 24.2. The number of amides is 1. The summed E-state index contributed by atoms with van der Waals surface area (Å²) in [4.78, 5) is 29.5. The van der Waals surface area contributed by atoms with Crippen molar-refractivity contribution in [1.82, 2.24) is 9.80 Å². The number of hydrogen-bond acceptors (Lipinski definition) is 5. The molecule has 1 fully saturated rings. The molecule has 33 heavy (non-hydrogen) atoms. The summed E-state index contributed by atoms with van der Waals surface area (Å²) in [5.74, 6) is -1.90. The molecule has 0 bridgehead atoms. The van der Waals surface area contributed by atoms with E-state index >= 15 is 0 Å². The molecule has 174 valence electrons. The molecule has 0 saturated carbocycles. The highest BCUT2D eigenvalue weighted by atomic mass is 19.1. The molecule has 1 atom stereocenters. The fourth-order valence-corrected chi connectivity index (χ4v) is 3.94. The summed E-state index contributed by atoms with van der Waals surface area (Å²) in [6.45, 7) is 10.3. The lowest BCUT2D eigenvalue weighted by molar-refractivity contribution is -0.140. The third-order valence-corrected chi connectivity index (χ3v) is 5.79. The zero-order valence-electron chi connectivity index (χ0n) is 19.0. The van der Waals surface area contributed by atoms with Gasteiger partial charge in [0, 0.05) is 24.2 Å². The van der Waals surface area contributed by atoms with Gasteiger partial charge in [-0.25, -0.2) is 4.39 Å². The van der Waals surface area contributed by atoms with Crippen molar-refractivity contribution in [3.8, 4) is 5.75 Å². The van der Waals surface area contributed by atoms with Gasteiger partial charge < -0.3 is 19.6 Å². The summed E-state index contributed by atoms with van der Waals surface area (Å²) in [6, 6.07) is 11.5. The van der Waals surface area contributed by atoms with Gasteiger partial charge in [-0.05, 0) is 43.4 Å². The van der Waals surface area contributed by atoms with Crippen molar-refractivity contribution < 1.29 is 23.8 Å². The first-order chi connectivity index (χ1) is 15.9. The number of hydrogen-bond donors (Lipinski definition) is 1. The number of ether oxygens (including phenoxy) is 1. The molecular formula is C26H29FN2O4. The maximum Gasteiger partial charge on any atom is 0.295 e. The van der Waals surface area contributed by atoms with Crippen LogP contribution in [0.15, 0.2) is 66.8 Å². The molecule has 3 rings (SSSR count). The third-order valence-electron chi connectivity index (χ3n) is 5.79. The summed E-state index contributed by atoms with van der Waals surface area (Å²) in [5, 5.41) is 11.1. The van der Waals surface area contributed by atoms with Gasteiger partial charge in [0.05, 0.1) is 11.6 Å². The van der Waals surface area contributed by atoms with E-state index in [-0.39, 0.29) is 23.4 Å². The number of carbonyl (C=O) groups excluding carboxylic acids is 2. The molecule has 1 N–H and O–H groups in total. The number of halogens is 1. The Kier molecular flexibility index (Phi) is 8.01. The number of likely N-dealkylation sites (N-methyl/N-ethyl adjacent to an activating group) is 1. The molecule has 7 heteroatoms. The Balaban J connectivity index is 2.05. The topological polar surface area (TPSA) is 70.1 Å². The lowest BCUT2D eigenvalue weighted by atomic mass is 9.95. The van der Waals surface area contributed by atoms with Gasteiger partial charge in [0.15, 0.2) is 0 Å². The Morgan fingerprint density at radius 1 is 1.15 bits per heavy atom. The summed E-state index contributed by atoms with van der Waals surface area (Å²) >= 11 is 0. The highest BCUT2D eigenvalue weighted by Crippen LogP contribution is 2.40. The van der Waals surface area contributed by atoms with Crippen LogP contribution >= 0.6 is 0 Å². The Hall–Kier alpha value is -3.45. The van der Waals surface area contributed by atoms with Crippen molar-refractivity contribution in [3.05, 3.63) is 83.7 Å². The van der Waals surface area contributed by atoms with Gasteiger partial charge in [-0.15, -0.1) is 0 Å². The average molecular weight is 453 g/mol. The highest BCUT2D eigenvalue weighted by Gasteiger charge is 2.46. The minimum absolute atomic E-state index is 0.121. The zero-order valence-corrected chi connectivity index (χ0v) is 19.0. The quantitative estimate of drug-likeness (QED) is 0.254. The smallest absolute Gasteiger partial charge is 0.295 e. The van der Waals surface area contributed by atoms with Gasteiger partial charge in [-0.1, -0.05) is 44.7 Å². The summed E-state index contributed by atoms with van der Waals surface area (Å²) in [6.07, 6.45) is 1.61. The fourth-order valence-electron chi connectivity index (χ4n) is 3.94. The second-order valence-electron chi connectivity index (χ2n) is 7.66. The number of Topliss-reactive ketones (excluding diaryl/α,β-unsaturated/α-hetero) is 1. The summed E-state index contributed by atoms with van der Waals surface area (Å²) in [7, 11) is 0. The zero-order chi connectivity index (χ0) is 24.0. The van der Waals surface area contributed by atoms with E-state index in [4.69, 9.17) is 4.74 Å². The Bertz CT molecular complexity index is 1040. The second kappa shape index (κ2) is 10.9. The van der Waals surface area contributed by atoms with Crippen LogP contribution in [0, 0.1) is 5.82 Å². The maximum atomic E-state index is 14.8. The van der Waals surface area contributed by atoms with Crippen molar-refractivity contribution in [2.45, 2.75) is 19.9 Å². The van der Waals surface area contributed by atoms with Crippen LogP contribution in [0.3, 0.4) is 0 Å². The lowest BCUT2D eigenvalue weighted by Crippen LogP contribution is -2.38. The van der Waals surface area contributed by atoms with Gasteiger partial charge >= 0.3 is 0 Å². The van der Waals surface area contributed by atoms with Crippen LogP contribution in [-0.2, 0) is 9.59 Å². The fraction of sp³-hybridized carbons (Fsp3) is 0.308. The number of benzene rings is 2. The normalized spacial score (nSPS) is 17.6. The number of nitrogens with zero attached hydrogens (tertiary/aromatic N) is 2. The Morgan fingerprint density at radius 2 is 1.82 bits per heavy atom. The molecule has 0 aliphatic carbocycles. The molecule has 1 saturated heterocycles. The molecule has 6 nitrogen and oxygen atoms in total. The number of carbonyl (C=O) groups is 2. The first-order valence-electron chi connectivity index (χ1n) is 11.0. The van der Waals surface area contributed by atoms with Crippen molar-refractivity contribution in [2.24, 2.45) is 0 Å². The van der Waals surface area contributed by atoms with Crippen LogP contribution in [0.1, 0.15) is 31.0 Å². The van der Waals surface area contributed by atoms with Crippen LogP contribution in [0.4, 0.5) is 4.39 Å². The van der Waals surface area contributed by atoms with E-state index in [0.717, 1.165) is 13.1 Å². The standard InChI is InChI=1S/C26H29FN2O4/c1-4-17-33-19-13-11-18(12-14-19)24(30)22-23(20-9-7-8-10-21(20)27)29(26(32)25(22)31)16-15-28(5-2)6-3/h4,7-14,23,30H,1,5-6,15-17H2,2-3H3/t23-/m1/s1. The molecule has 0 aromatic heterocycles. The van der Waals surface area contributed by atoms with E-state index in [1.807, 2.05) is 13.8 Å². The number of likely N-dealkylation sites (tertiary alicyclic amines) is 1. The lowest BCUT2D eigenvalue weighted by Gasteiger charge is -2.28. The summed E-state index contributed by atoms with van der Waals surface area (Å²) in [5.41, 5.74) is 0.386. The number of rotatable bonds is 10. The van der Waals surface area contributed by atoms with Gasteiger partial charge in [-0.3, -0.25) is 9.59 Å². The predicted octanol–water partition coefficient (Wildman–Crippen LogP) is 4.15. The maximum absolute atomic E-state index is 14.8. The van der Waals surface area contributed by atoms with E-state index in [2.05, 4.69) is 11.5 Å². The SMILES string of the molecule is C=CCOc1ccc(C(O)=C2C(=O)C(=O)N(CCN(CC)CC)[C@@H]2c2ccccc2F)cc1.